The molecule has 0 aliphatic rings. The number of rotatable bonds is 5. The first-order valence-corrected chi connectivity index (χ1v) is 6.30. The Morgan fingerprint density at radius 2 is 2.00 bits per heavy atom. The first kappa shape index (κ1) is 15.7. The van der Waals surface area contributed by atoms with Gasteiger partial charge in [0.1, 0.15) is 17.5 Å². The summed E-state index contributed by atoms with van der Waals surface area (Å²) < 4.78 is 5.04. The molecule has 1 aromatic heterocycles. The molecule has 0 aliphatic carbocycles. The Morgan fingerprint density at radius 3 is 2.47 bits per heavy atom. The first-order valence-electron chi connectivity index (χ1n) is 6.30. The molecule has 1 rings (SSSR count). The highest BCUT2D eigenvalue weighted by atomic mass is 16.5. The summed E-state index contributed by atoms with van der Waals surface area (Å²) in [5.41, 5.74) is 6.52. The van der Waals surface area contributed by atoms with E-state index in [2.05, 4.69) is 15.3 Å². The van der Waals surface area contributed by atoms with Crippen LogP contribution in [-0.2, 0) is 10.2 Å². The van der Waals surface area contributed by atoms with E-state index in [-0.39, 0.29) is 18.1 Å². The van der Waals surface area contributed by atoms with Gasteiger partial charge in [0.2, 0.25) is 0 Å². The molecule has 0 saturated heterocycles. The number of aliphatic hydroxyl groups excluding tert-OH is 1. The largest absolute Gasteiger partial charge is 0.394 e. The van der Waals surface area contributed by atoms with Gasteiger partial charge in [-0.3, -0.25) is 0 Å². The van der Waals surface area contributed by atoms with Crippen molar-refractivity contribution in [1.82, 2.24) is 9.97 Å². The highest BCUT2D eigenvalue weighted by Gasteiger charge is 2.21. The molecule has 108 valence electrons. The Kier molecular flexibility index (Phi) is 5.08. The fourth-order valence-corrected chi connectivity index (χ4v) is 1.54. The molecule has 0 aliphatic heterocycles. The molecule has 0 fully saturated rings. The molecule has 0 saturated carbocycles. The molecule has 0 aromatic carbocycles. The fraction of sp³-hybridized carbons (Fsp3) is 0.692. The van der Waals surface area contributed by atoms with Gasteiger partial charge < -0.3 is 20.9 Å². The van der Waals surface area contributed by atoms with Crippen molar-refractivity contribution in [2.24, 2.45) is 0 Å². The number of nitrogens with two attached hydrogens (primary N) is 1. The summed E-state index contributed by atoms with van der Waals surface area (Å²) in [6.07, 6.45) is 0. The lowest BCUT2D eigenvalue weighted by Gasteiger charge is -2.22. The normalized spacial score (nSPS) is 13.4. The number of methoxy groups -OCH3 is 1. The number of aliphatic hydroxyl groups is 1. The van der Waals surface area contributed by atoms with Crippen LogP contribution in [-0.4, -0.2) is 41.4 Å². The Balaban J connectivity index is 3.09. The van der Waals surface area contributed by atoms with E-state index in [1.807, 2.05) is 27.7 Å². The molecule has 6 heteroatoms. The highest BCUT2D eigenvalue weighted by Crippen LogP contribution is 2.25. The van der Waals surface area contributed by atoms with Gasteiger partial charge >= 0.3 is 0 Å². The number of hydrogen-bond acceptors (Lipinski definition) is 6. The molecule has 0 bridgehead atoms. The molecule has 0 radical (unpaired) electrons. The second kappa shape index (κ2) is 6.16. The van der Waals surface area contributed by atoms with Crippen molar-refractivity contribution in [3.8, 4) is 0 Å². The molecular weight excluding hydrogens is 244 g/mol. The van der Waals surface area contributed by atoms with E-state index in [0.29, 0.717) is 24.1 Å². The van der Waals surface area contributed by atoms with Crippen LogP contribution in [0.3, 0.4) is 0 Å². The van der Waals surface area contributed by atoms with Crippen LogP contribution < -0.4 is 11.1 Å². The van der Waals surface area contributed by atoms with E-state index >= 15 is 0 Å². The van der Waals surface area contributed by atoms with E-state index in [0.717, 1.165) is 5.56 Å². The number of nitrogens with one attached hydrogen (secondary N) is 1. The smallest absolute Gasteiger partial charge is 0.138 e. The van der Waals surface area contributed by atoms with Crippen LogP contribution in [0.25, 0.3) is 0 Å². The van der Waals surface area contributed by atoms with Crippen molar-refractivity contribution in [3.63, 3.8) is 0 Å². The molecule has 19 heavy (non-hydrogen) atoms. The zero-order valence-corrected chi connectivity index (χ0v) is 12.3. The van der Waals surface area contributed by atoms with Crippen molar-refractivity contribution in [2.45, 2.75) is 39.2 Å². The van der Waals surface area contributed by atoms with Crippen molar-refractivity contribution in [3.05, 3.63) is 11.4 Å². The standard InChI is InChI=1S/C13H24N4O2/c1-8-10(14)16-12(13(2,3)4)17-11(8)15-9(6-18)7-19-5/h9,18H,6-7H2,1-5H3,(H3,14,15,16,17). The lowest BCUT2D eigenvalue weighted by atomic mass is 9.95. The van der Waals surface area contributed by atoms with Gasteiger partial charge in [0.25, 0.3) is 0 Å². The number of hydrogen-bond donors (Lipinski definition) is 3. The van der Waals surface area contributed by atoms with Crippen LogP contribution in [0.15, 0.2) is 0 Å². The number of aromatic nitrogens is 2. The van der Waals surface area contributed by atoms with Gasteiger partial charge in [-0.2, -0.15) is 0 Å². The minimum atomic E-state index is -0.217. The van der Waals surface area contributed by atoms with E-state index in [9.17, 15) is 5.11 Å². The average Bonchev–Trinajstić information content (AvgIpc) is 2.32. The predicted molar refractivity (Wildman–Crippen MR) is 76.3 cm³/mol. The summed E-state index contributed by atoms with van der Waals surface area (Å²) >= 11 is 0. The van der Waals surface area contributed by atoms with E-state index < -0.39 is 0 Å². The van der Waals surface area contributed by atoms with Crippen LogP contribution in [0.2, 0.25) is 0 Å². The highest BCUT2D eigenvalue weighted by molar-refractivity contribution is 5.55. The van der Waals surface area contributed by atoms with Crippen LogP contribution in [0.5, 0.6) is 0 Å². The zero-order valence-electron chi connectivity index (χ0n) is 12.3. The quantitative estimate of drug-likeness (QED) is 0.740. The maximum atomic E-state index is 9.29. The maximum Gasteiger partial charge on any atom is 0.138 e. The lowest BCUT2D eigenvalue weighted by molar-refractivity contribution is 0.153. The minimum Gasteiger partial charge on any atom is -0.394 e. The van der Waals surface area contributed by atoms with Gasteiger partial charge in [-0.1, -0.05) is 20.8 Å². The fourth-order valence-electron chi connectivity index (χ4n) is 1.54. The third-order valence-electron chi connectivity index (χ3n) is 2.78. The average molecular weight is 268 g/mol. The molecule has 1 heterocycles. The summed E-state index contributed by atoms with van der Waals surface area (Å²) in [7, 11) is 1.59. The number of nitrogen functional groups attached to an aromatic ring is 1. The van der Waals surface area contributed by atoms with Crippen LogP contribution in [0.4, 0.5) is 11.6 Å². The van der Waals surface area contributed by atoms with Crippen molar-refractivity contribution < 1.29 is 9.84 Å². The summed E-state index contributed by atoms with van der Waals surface area (Å²) in [4.78, 5) is 8.82. The number of ether oxygens (including phenoxy) is 1. The third-order valence-corrected chi connectivity index (χ3v) is 2.78. The molecule has 0 spiro atoms. The maximum absolute atomic E-state index is 9.29. The van der Waals surface area contributed by atoms with Gasteiger partial charge in [-0.05, 0) is 6.92 Å². The predicted octanol–water partition coefficient (Wildman–Crippen LogP) is 1.08. The molecule has 1 aromatic rings. The van der Waals surface area contributed by atoms with E-state index in [1.54, 1.807) is 7.11 Å². The molecule has 0 amide bonds. The minimum absolute atomic E-state index is 0.0396. The Morgan fingerprint density at radius 1 is 1.37 bits per heavy atom. The summed E-state index contributed by atoms with van der Waals surface area (Å²) in [6.45, 7) is 8.29. The lowest BCUT2D eigenvalue weighted by Crippen LogP contribution is -2.30. The Bertz CT molecular complexity index is 429. The summed E-state index contributed by atoms with van der Waals surface area (Å²) in [5, 5.41) is 12.4. The Labute approximate surface area is 114 Å². The molecule has 1 atom stereocenters. The van der Waals surface area contributed by atoms with Gasteiger partial charge in [-0.15, -0.1) is 0 Å². The number of anilines is 2. The topological polar surface area (TPSA) is 93.3 Å². The summed E-state index contributed by atoms with van der Waals surface area (Å²) in [5.74, 6) is 1.78. The van der Waals surface area contributed by atoms with E-state index in [4.69, 9.17) is 10.5 Å². The molecular formula is C13H24N4O2. The van der Waals surface area contributed by atoms with Gasteiger partial charge in [-0.25, -0.2) is 9.97 Å². The van der Waals surface area contributed by atoms with Gasteiger partial charge in [0, 0.05) is 18.1 Å². The van der Waals surface area contributed by atoms with Gasteiger partial charge in [0.15, 0.2) is 0 Å². The molecule has 4 N–H and O–H groups in total. The molecule has 1 unspecified atom stereocenters. The second-order valence-corrected chi connectivity index (χ2v) is 5.64. The number of nitrogens with zero attached hydrogens (tertiary/aromatic N) is 2. The van der Waals surface area contributed by atoms with E-state index in [1.165, 1.54) is 0 Å². The molecule has 6 nitrogen and oxygen atoms in total. The van der Waals surface area contributed by atoms with Gasteiger partial charge in [0.05, 0.1) is 19.3 Å². The second-order valence-electron chi connectivity index (χ2n) is 5.64. The van der Waals surface area contributed by atoms with Crippen LogP contribution in [0.1, 0.15) is 32.2 Å². The van der Waals surface area contributed by atoms with Crippen LogP contribution in [0, 0.1) is 6.92 Å². The first-order chi connectivity index (χ1) is 8.79. The van der Waals surface area contributed by atoms with Crippen LogP contribution >= 0.6 is 0 Å². The zero-order chi connectivity index (χ0) is 14.6. The monoisotopic (exact) mass is 268 g/mol. The van der Waals surface area contributed by atoms with Crippen molar-refractivity contribution in [2.75, 3.05) is 31.4 Å². The van der Waals surface area contributed by atoms with Crippen molar-refractivity contribution in [1.29, 1.82) is 0 Å². The Hall–Kier alpha value is -1.40. The SMILES string of the molecule is COCC(CO)Nc1nc(C(C)(C)C)nc(N)c1C. The van der Waals surface area contributed by atoms with Crippen molar-refractivity contribution >= 4 is 11.6 Å². The summed E-state index contributed by atoms with van der Waals surface area (Å²) in [6, 6.07) is -0.217. The third kappa shape index (κ3) is 4.04.